The second-order valence-corrected chi connectivity index (χ2v) is 8.75. The molecular weight excluding hydrogens is 361 g/mol. The largest absolute Gasteiger partial charge is 0.746 e. The van der Waals surface area contributed by atoms with E-state index in [1.165, 1.54) is 0 Å². The Hall–Kier alpha value is 0.01000. The summed E-state index contributed by atoms with van der Waals surface area (Å²) in [7, 11) is -4.26. The smallest absolute Gasteiger partial charge is 0.150 e. The van der Waals surface area contributed by atoms with Gasteiger partial charge in [-0.25, -0.2) is 8.42 Å². The van der Waals surface area contributed by atoms with Crippen LogP contribution in [-0.2, 0) is 10.1 Å². The lowest BCUT2D eigenvalue weighted by Crippen LogP contribution is -2.09. The lowest BCUT2D eigenvalue weighted by Gasteiger charge is -2.16. The first-order valence-electron chi connectivity index (χ1n) is 4.53. The van der Waals surface area contributed by atoms with E-state index in [2.05, 4.69) is 5.32 Å². The third-order valence-corrected chi connectivity index (χ3v) is 6.58. The molecular formula is C9H11INO3S2-. The van der Waals surface area contributed by atoms with Gasteiger partial charge >= 0.3 is 0 Å². The number of benzene rings is 1. The number of nitrogens with one attached hydrogen (secondary N) is 1. The van der Waals surface area contributed by atoms with Crippen molar-refractivity contribution in [2.45, 2.75) is 14.4 Å². The minimum Gasteiger partial charge on any atom is -0.746 e. The van der Waals surface area contributed by atoms with Crippen molar-refractivity contribution in [3.05, 3.63) is 24.3 Å². The van der Waals surface area contributed by atoms with Gasteiger partial charge in [0.25, 0.3) is 0 Å². The molecule has 0 aliphatic rings. The Kier molecular flexibility index (Phi) is 5.35. The predicted octanol–water partition coefficient (Wildman–Crippen LogP) is 2.47. The van der Waals surface area contributed by atoms with E-state index in [9.17, 15) is 13.0 Å². The molecule has 0 saturated heterocycles. The number of alkyl halides is 1. The van der Waals surface area contributed by atoms with Gasteiger partial charge in [0.15, 0.2) is 2.59 Å². The Morgan fingerprint density at radius 1 is 1.50 bits per heavy atom. The van der Waals surface area contributed by atoms with E-state index in [1.807, 2.05) is 25.1 Å². The summed E-state index contributed by atoms with van der Waals surface area (Å²) in [5, 5.41) is 3.11. The topological polar surface area (TPSA) is 69.2 Å². The Morgan fingerprint density at radius 2 is 2.12 bits per heavy atom. The van der Waals surface area contributed by atoms with Gasteiger partial charge in [0.2, 0.25) is 0 Å². The molecule has 7 heteroatoms. The molecule has 1 rings (SSSR count). The van der Waals surface area contributed by atoms with Gasteiger partial charge in [-0.3, -0.25) is 0 Å². The molecule has 0 fully saturated rings. The first-order chi connectivity index (χ1) is 7.45. The molecule has 0 bridgehead atoms. The highest BCUT2D eigenvalue weighted by Crippen LogP contribution is 2.35. The van der Waals surface area contributed by atoms with Gasteiger partial charge in [0.1, 0.15) is 10.1 Å². The molecule has 1 aromatic carbocycles. The normalized spacial score (nSPS) is 13.4. The summed E-state index contributed by atoms with van der Waals surface area (Å²) in [6, 6.07) is 7.31. The summed E-state index contributed by atoms with van der Waals surface area (Å²) < 4.78 is 31.4. The summed E-state index contributed by atoms with van der Waals surface area (Å²) in [5.74, 6) is 0. The van der Waals surface area contributed by atoms with Crippen LogP contribution in [0.15, 0.2) is 29.2 Å². The molecule has 0 spiro atoms. The quantitative estimate of drug-likeness (QED) is 0.372. The molecule has 1 atom stereocenters. The van der Waals surface area contributed by atoms with Crippen LogP contribution in [-0.4, -0.2) is 22.1 Å². The Balaban J connectivity index is 2.88. The van der Waals surface area contributed by atoms with Crippen molar-refractivity contribution in [2.24, 2.45) is 0 Å². The highest BCUT2D eigenvalue weighted by atomic mass is 127. The number of thioether (sulfide) groups is 1. The Labute approximate surface area is 113 Å². The SMILES string of the molecule is CCNc1ccccc1SC(I)S(=O)(=O)[O-]. The third-order valence-electron chi connectivity index (χ3n) is 1.70. The number of rotatable bonds is 5. The van der Waals surface area contributed by atoms with Gasteiger partial charge in [-0.05, 0) is 19.1 Å². The number of anilines is 1. The zero-order chi connectivity index (χ0) is 12.2. The fraction of sp³-hybridized carbons (Fsp3) is 0.333. The maximum Gasteiger partial charge on any atom is 0.150 e. The third kappa shape index (κ3) is 4.11. The van der Waals surface area contributed by atoms with Crippen molar-refractivity contribution in [2.75, 3.05) is 11.9 Å². The van der Waals surface area contributed by atoms with Crippen LogP contribution < -0.4 is 5.32 Å². The molecule has 1 aromatic rings. The van der Waals surface area contributed by atoms with Gasteiger partial charge in [0, 0.05) is 17.1 Å². The van der Waals surface area contributed by atoms with E-state index in [4.69, 9.17) is 0 Å². The average molecular weight is 372 g/mol. The van der Waals surface area contributed by atoms with Crippen LogP contribution in [0.3, 0.4) is 0 Å². The van der Waals surface area contributed by atoms with Gasteiger partial charge in [-0.2, -0.15) is 0 Å². The maximum atomic E-state index is 10.8. The molecule has 0 aliphatic heterocycles. The zero-order valence-electron chi connectivity index (χ0n) is 8.51. The van der Waals surface area contributed by atoms with E-state index < -0.39 is 12.7 Å². The fourth-order valence-corrected chi connectivity index (χ4v) is 3.29. The highest BCUT2D eigenvalue weighted by molar-refractivity contribution is 14.1. The second kappa shape index (κ2) is 6.08. The number of hydrogen-bond donors (Lipinski definition) is 1. The molecule has 0 aromatic heterocycles. The van der Waals surface area contributed by atoms with Crippen molar-refractivity contribution >= 4 is 50.2 Å². The standard InChI is InChI=1S/C9H12INO3S2/c1-2-11-7-5-3-4-6-8(7)15-9(10)16(12,13)14/h3-6,9,11H,2H2,1H3,(H,12,13,14)/p-1. The molecule has 0 radical (unpaired) electrons. The van der Waals surface area contributed by atoms with Crippen LogP contribution in [0.1, 0.15) is 6.92 Å². The predicted molar refractivity (Wildman–Crippen MR) is 74.0 cm³/mol. The molecule has 0 heterocycles. The summed E-state index contributed by atoms with van der Waals surface area (Å²) in [6.07, 6.45) is 0. The number of halogens is 1. The van der Waals surface area contributed by atoms with E-state index in [-0.39, 0.29) is 0 Å². The summed E-state index contributed by atoms with van der Waals surface area (Å²) >= 11 is 2.67. The van der Waals surface area contributed by atoms with Crippen LogP contribution in [0.4, 0.5) is 5.69 Å². The summed E-state index contributed by atoms with van der Waals surface area (Å²) in [6.45, 7) is 2.70. The summed E-state index contributed by atoms with van der Waals surface area (Å²) in [4.78, 5) is 0.767. The van der Waals surface area contributed by atoms with Crippen molar-refractivity contribution in [3.8, 4) is 0 Å². The number of hydrogen-bond acceptors (Lipinski definition) is 5. The van der Waals surface area contributed by atoms with Crippen molar-refractivity contribution in [1.82, 2.24) is 0 Å². The van der Waals surface area contributed by atoms with Gasteiger partial charge < -0.3 is 9.87 Å². The van der Waals surface area contributed by atoms with Crippen molar-refractivity contribution in [3.63, 3.8) is 0 Å². The maximum absolute atomic E-state index is 10.8. The minimum absolute atomic E-state index is 0.744. The van der Waals surface area contributed by atoms with Crippen molar-refractivity contribution in [1.29, 1.82) is 0 Å². The average Bonchev–Trinajstić information content (AvgIpc) is 2.20. The molecule has 0 saturated carbocycles. The minimum atomic E-state index is -4.26. The first-order valence-corrected chi connectivity index (χ1v) is 8.13. The second-order valence-electron chi connectivity index (χ2n) is 2.91. The molecule has 16 heavy (non-hydrogen) atoms. The Morgan fingerprint density at radius 3 is 2.69 bits per heavy atom. The van der Waals surface area contributed by atoms with E-state index in [0.29, 0.717) is 0 Å². The zero-order valence-corrected chi connectivity index (χ0v) is 12.3. The van der Waals surface area contributed by atoms with Crippen LogP contribution in [0.5, 0.6) is 0 Å². The summed E-state index contributed by atoms with van der Waals surface area (Å²) in [5.41, 5.74) is 0.848. The lowest BCUT2D eigenvalue weighted by molar-refractivity contribution is 0.467. The van der Waals surface area contributed by atoms with E-state index in [1.54, 1.807) is 28.7 Å². The highest BCUT2D eigenvalue weighted by Gasteiger charge is 2.15. The van der Waals surface area contributed by atoms with Crippen molar-refractivity contribution < 1.29 is 13.0 Å². The molecule has 0 aliphatic carbocycles. The van der Waals surface area contributed by atoms with Gasteiger partial charge in [0.05, 0.1) is 0 Å². The first kappa shape index (κ1) is 14.1. The van der Waals surface area contributed by atoms with E-state index in [0.717, 1.165) is 28.9 Å². The van der Waals surface area contributed by atoms with Crippen LogP contribution in [0.2, 0.25) is 0 Å². The Bertz CT molecular complexity index is 450. The molecule has 4 nitrogen and oxygen atoms in total. The van der Waals surface area contributed by atoms with Crippen LogP contribution in [0, 0.1) is 0 Å². The van der Waals surface area contributed by atoms with Gasteiger partial charge in [-0.15, -0.1) is 0 Å². The molecule has 0 amide bonds. The monoisotopic (exact) mass is 372 g/mol. The molecule has 1 N–H and O–H groups in total. The molecule has 1 unspecified atom stereocenters. The molecule has 90 valence electrons. The van der Waals surface area contributed by atoms with Crippen LogP contribution >= 0.6 is 34.4 Å². The lowest BCUT2D eigenvalue weighted by atomic mass is 10.3. The van der Waals surface area contributed by atoms with E-state index >= 15 is 0 Å². The number of para-hydroxylation sites is 1. The fourth-order valence-electron chi connectivity index (χ4n) is 1.06. The van der Waals surface area contributed by atoms with Gasteiger partial charge in [-0.1, -0.05) is 46.5 Å². The van der Waals surface area contributed by atoms with Crippen LogP contribution in [0.25, 0.3) is 0 Å².